The van der Waals surface area contributed by atoms with E-state index in [1.165, 1.54) is 13.2 Å². The molecule has 1 N–H and O–H groups in total. The van der Waals surface area contributed by atoms with Crippen molar-refractivity contribution in [2.45, 2.75) is 0 Å². The number of hydrogen-bond acceptors (Lipinski definition) is 4. The van der Waals surface area contributed by atoms with Gasteiger partial charge in [0.05, 0.1) is 17.9 Å². The summed E-state index contributed by atoms with van der Waals surface area (Å²) in [6.45, 7) is 3.62. The van der Waals surface area contributed by atoms with Crippen molar-refractivity contribution < 1.29 is 14.3 Å². The van der Waals surface area contributed by atoms with E-state index in [2.05, 4.69) is 6.58 Å². The Kier molecular flexibility index (Phi) is 2.71. The first kappa shape index (κ1) is 12.3. The van der Waals surface area contributed by atoms with Gasteiger partial charge in [-0.1, -0.05) is 24.8 Å². The van der Waals surface area contributed by atoms with Crippen LogP contribution in [-0.2, 0) is 0 Å². The minimum absolute atomic E-state index is 0.0894. The van der Waals surface area contributed by atoms with Gasteiger partial charge in [-0.15, -0.1) is 0 Å². The van der Waals surface area contributed by atoms with Gasteiger partial charge in [0.2, 0.25) is 11.2 Å². The smallest absolute Gasteiger partial charge is 0.205 e. The second kappa shape index (κ2) is 4.42. The zero-order valence-corrected chi connectivity index (χ0v) is 10.8. The first-order valence-corrected chi connectivity index (χ1v) is 6.05. The highest BCUT2D eigenvalue weighted by Crippen LogP contribution is 2.38. The van der Waals surface area contributed by atoms with Gasteiger partial charge in [-0.2, -0.15) is 0 Å². The molecule has 100 valence electrons. The molecule has 1 aromatic heterocycles. The van der Waals surface area contributed by atoms with Crippen molar-refractivity contribution in [3.63, 3.8) is 0 Å². The molecule has 0 aliphatic rings. The molecule has 2 aromatic carbocycles. The number of fused-ring (bicyclic) bond motifs is 2. The number of para-hydroxylation sites is 1. The van der Waals surface area contributed by atoms with Crippen LogP contribution in [0.2, 0.25) is 0 Å². The van der Waals surface area contributed by atoms with Gasteiger partial charge in [-0.3, -0.25) is 4.79 Å². The molecule has 0 radical (unpaired) electrons. The lowest BCUT2D eigenvalue weighted by atomic mass is 10.1. The molecule has 1 heterocycles. The number of aromatic hydroxyl groups is 1. The molecule has 0 spiro atoms. The first-order chi connectivity index (χ1) is 9.67. The normalized spacial score (nSPS) is 10.8. The van der Waals surface area contributed by atoms with Crippen molar-refractivity contribution >= 4 is 28.0 Å². The van der Waals surface area contributed by atoms with Crippen molar-refractivity contribution in [1.82, 2.24) is 0 Å². The largest absolute Gasteiger partial charge is 0.504 e. The maximum absolute atomic E-state index is 12.5. The Bertz CT molecular complexity index is 890. The second-order valence-electron chi connectivity index (χ2n) is 4.36. The standard InChI is InChI=1S/C16H12O4/c1-3-9-8-11-14(18)10-6-4-5-7-12(10)20-15(11)16(19-2)13(9)17/h3-8,17H,1H2,2H3. The van der Waals surface area contributed by atoms with Crippen molar-refractivity contribution in [1.29, 1.82) is 0 Å². The number of phenols is 1. The lowest BCUT2D eigenvalue weighted by molar-refractivity contribution is 0.371. The van der Waals surface area contributed by atoms with Crippen LogP contribution in [0.1, 0.15) is 5.56 Å². The van der Waals surface area contributed by atoms with Gasteiger partial charge < -0.3 is 14.3 Å². The minimum Gasteiger partial charge on any atom is -0.504 e. The Morgan fingerprint density at radius 1 is 1.30 bits per heavy atom. The first-order valence-electron chi connectivity index (χ1n) is 6.05. The molecule has 0 bridgehead atoms. The van der Waals surface area contributed by atoms with Crippen LogP contribution in [0.3, 0.4) is 0 Å². The van der Waals surface area contributed by atoms with Gasteiger partial charge in [0.15, 0.2) is 11.3 Å². The third kappa shape index (κ3) is 1.58. The highest BCUT2D eigenvalue weighted by molar-refractivity contribution is 5.95. The van der Waals surface area contributed by atoms with Crippen LogP contribution in [0, 0.1) is 0 Å². The topological polar surface area (TPSA) is 59.7 Å². The lowest BCUT2D eigenvalue weighted by Gasteiger charge is -2.10. The molecule has 4 heteroatoms. The molecule has 4 nitrogen and oxygen atoms in total. The van der Waals surface area contributed by atoms with E-state index in [0.717, 1.165) is 0 Å². The maximum Gasteiger partial charge on any atom is 0.205 e. The second-order valence-corrected chi connectivity index (χ2v) is 4.36. The maximum atomic E-state index is 12.5. The fraction of sp³-hybridized carbons (Fsp3) is 0.0625. The lowest BCUT2D eigenvalue weighted by Crippen LogP contribution is -2.03. The van der Waals surface area contributed by atoms with Crippen LogP contribution >= 0.6 is 0 Å². The summed E-state index contributed by atoms with van der Waals surface area (Å²) in [7, 11) is 1.41. The van der Waals surface area contributed by atoms with Crippen molar-refractivity contribution in [2.75, 3.05) is 7.11 Å². The molecule has 0 saturated carbocycles. The van der Waals surface area contributed by atoms with E-state index in [9.17, 15) is 9.90 Å². The van der Waals surface area contributed by atoms with Gasteiger partial charge >= 0.3 is 0 Å². The van der Waals surface area contributed by atoms with Gasteiger partial charge in [-0.05, 0) is 18.2 Å². The Hall–Kier alpha value is -2.75. The number of phenolic OH excluding ortho intramolecular Hbond substituents is 1. The highest BCUT2D eigenvalue weighted by atomic mass is 16.5. The van der Waals surface area contributed by atoms with Gasteiger partial charge in [-0.25, -0.2) is 0 Å². The van der Waals surface area contributed by atoms with E-state index < -0.39 is 0 Å². The molecule has 0 amide bonds. The highest BCUT2D eigenvalue weighted by Gasteiger charge is 2.17. The van der Waals surface area contributed by atoms with Crippen molar-refractivity contribution in [2.24, 2.45) is 0 Å². The summed E-state index contributed by atoms with van der Waals surface area (Å²) in [5, 5.41) is 10.9. The molecule has 0 fully saturated rings. The molecule has 0 unspecified atom stereocenters. The number of benzene rings is 2. The minimum atomic E-state index is -0.164. The number of rotatable bonds is 2. The fourth-order valence-electron chi connectivity index (χ4n) is 2.26. The quantitative estimate of drug-likeness (QED) is 0.724. The van der Waals surface area contributed by atoms with Crippen LogP contribution < -0.4 is 10.2 Å². The summed E-state index contributed by atoms with van der Waals surface area (Å²) in [4.78, 5) is 12.5. The molecule has 0 saturated heterocycles. The molecule has 3 aromatic rings. The average Bonchev–Trinajstić information content (AvgIpc) is 2.47. The summed E-state index contributed by atoms with van der Waals surface area (Å²) in [5.41, 5.74) is 0.952. The monoisotopic (exact) mass is 268 g/mol. The van der Waals surface area contributed by atoms with E-state index in [-0.39, 0.29) is 22.5 Å². The summed E-state index contributed by atoms with van der Waals surface area (Å²) in [5.74, 6) is 0.0497. The molecule has 0 aliphatic carbocycles. The van der Waals surface area contributed by atoms with Crippen molar-refractivity contribution in [3.8, 4) is 11.5 Å². The molecule has 20 heavy (non-hydrogen) atoms. The number of ether oxygens (including phenoxy) is 1. The van der Waals surface area contributed by atoms with Gasteiger partial charge in [0.1, 0.15) is 5.58 Å². The number of hydrogen-bond donors (Lipinski definition) is 1. The van der Waals surface area contributed by atoms with E-state index in [4.69, 9.17) is 9.15 Å². The Morgan fingerprint density at radius 2 is 2.05 bits per heavy atom. The van der Waals surface area contributed by atoms with E-state index >= 15 is 0 Å². The van der Waals surface area contributed by atoms with Crippen LogP contribution in [0.25, 0.3) is 28.0 Å². The Balaban J connectivity index is 2.61. The Morgan fingerprint density at radius 3 is 2.75 bits per heavy atom. The van der Waals surface area contributed by atoms with E-state index in [1.54, 1.807) is 30.3 Å². The fourth-order valence-corrected chi connectivity index (χ4v) is 2.26. The predicted molar refractivity (Wildman–Crippen MR) is 78.3 cm³/mol. The Labute approximate surface area is 114 Å². The van der Waals surface area contributed by atoms with Crippen molar-refractivity contribution in [3.05, 3.63) is 52.7 Å². The van der Waals surface area contributed by atoms with Crippen LogP contribution in [0.15, 0.2) is 46.1 Å². The molecule has 0 atom stereocenters. The van der Waals surface area contributed by atoms with Crippen LogP contribution in [-0.4, -0.2) is 12.2 Å². The summed E-state index contributed by atoms with van der Waals surface area (Å²) in [6, 6.07) is 8.51. The summed E-state index contributed by atoms with van der Waals surface area (Å²) >= 11 is 0. The predicted octanol–water partition coefficient (Wildman–Crippen LogP) is 3.30. The van der Waals surface area contributed by atoms with Crippen LogP contribution in [0.5, 0.6) is 11.5 Å². The zero-order chi connectivity index (χ0) is 14.3. The van der Waals surface area contributed by atoms with Gasteiger partial charge in [0.25, 0.3) is 0 Å². The van der Waals surface area contributed by atoms with E-state index in [0.29, 0.717) is 21.9 Å². The summed E-state index contributed by atoms with van der Waals surface area (Å²) < 4.78 is 10.9. The third-order valence-corrected chi connectivity index (χ3v) is 3.25. The molecular weight excluding hydrogens is 256 g/mol. The molecular formula is C16H12O4. The zero-order valence-electron chi connectivity index (χ0n) is 10.8. The summed E-state index contributed by atoms with van der Waals surface area (Å²) in [6.07, 6.45) is 1.46. The van der Waals surface area contributed by atoms with Crippen LogP contribution in [0.4, 0.5) is 0 Å². The molecule has 0 aliphatic heterocycles. The van der Waals surface area contributed by atoms with Gasteiger partial charge in [0, 0.05) is 5.56 Å². The SMILES string of the molecule is C=Cc1cc2c(=O)c3ccccc3oc2c(OC)c1O. The number of methoxy groups -OCH3 is 1. The average molecular weight is 268 g/mol. The molecule has 3 rings (SSSR count). The van der Waals surface area contributed by atoms with E-state index in [1.807, 2.05) is 0 Å². The third-order valence-electron chi connectivity index (χ3n) is 3.25.